The van der Waals surface area contributed by atoms with E-state index >= 15 is 0 Å². The zero-order valence-electron chi connectivity index (χ0n) is 20.1. The number of thioether (sulfide) groups is 1. The van der Waals surface area contributed by atoms with Crippen LogP contribution in [0.1, 0.15) is 31.9 Å². The number of carbonyl (C=O) groups excluding carboxylic acids is 2. The number of nitrogens with zero attached hydrogens (tertiary/aromatic N) is 1. The van der Waals surface area contributed by atoms with Gasteiger partial charge in [0, 0.05) is 33.4 Å². The van der Waals surface area contributed by atoms with Gasteiger partial charge >= 0.3 is 0 Å². The van der Waals surface area contributed by atoms with E-state index in [0.717, 1.165) is 16.0 Å². The fourth-order valence-corrected chi connectivity index (χ4v) is 4.68. The highest BCUT2D eigenvalue weighted by Crippen LogP contribution is 2.24. The Morgan fingerprint density at radius 2 is 1.54 bits per heavy atom. The normalized spacial score (nSPS) is 12.1. The molecular weight excluding hydrogens is 499 g/mol. The molecule has 0 radical (unpaired) electrons. The summed E-state index contributed by atoms with van der Waals surface area (Å²) in [5, 5.41) is 4.27. The number of benzene rings is 3. The summed E-state index contributed by atoms with van der Waals surface area (Å²) in [5.41, 5.74) is 1.33. The SMILES string of the molecule is CC(C)(C)NC(=O)[C@H](Cc1ccccc1)N(Cc1ccccc1Cl)C(=O)CSc1ccc(Cl)cc1. The van der Waals surface area contributed by atoms with Gasteiger partial charge in [-0.2, -0.15) is 0 Å². The Morgan fingerprint density at radius 1 is 0.914 bits per heavy atom. The first-order valence-electron chi connectivity index (χ1n) is 11.4. The molecule has 0 unspecified atom stereocenters. The average Bonchev–Trinajstić information content (AvgIpc) is 2.81. The molecule has 1 atom stereocenters. The minimum Gasteiger partial charge on any atom is -0.350 e. The summed E-state index contributed by atoms with van der Waals surface area (Å²) in [6.45, 7) is 6.03. The molecule has 0 aliphatic heterocycles. The van der Waals surface area contributed by atoms with E-state index in [1.807, 2.05) is 81.4 Å². The maximum Gasteiger partial charge on any atom is 0.243 e. The van der Waals surface area contributed by atoms with E-state index in [0.29, 0.717) is 16.5 Å². The van der Waals surface area contributed by atoms with E-state index in [4.69, 9.17) is 23.2 Å². The Kier molecular flexibility index (Phi) is 9.67. The molecule has 3 rings (SSSR count). The fourth-order valence-electron chi connectivity index (χ4n) is 3.58. The molecule has 1 N–H and O–H groups in total. The van der Waals surface area contributed by atoms with Gasteiger partial charge in [-0.15, -0.1) is 11.8 Å². The van der Waals surface area contributed by atoms with Crippen molar-refractivity contribution in [1.29, 1.82) is 0 Å². The van der Waals surface area contributed by atoms with Crippen molar-refractivity contribution >= 4 is 46.8 Å². The Labute approximate surface area is 222 Å². The van der Waals surface area contributed by atoms with Crippen molar-refractivity contribution in [2.45, 2.75) is 50.2 Å². The highest BCUT2D eigenvalue weighted by atomic mass is 35.5. The molecule has 3 aromatic rings. The lowest BCUT2D eigenvalue weighted by Crippen LogP contribution is -2.54. The van der Waals surface area contributed by atoms with Crippen molar-refractivity contribution in [1.82, 2.24) is 10.2 Å². The molecule has 0 aromatic heterocycles. The quantitative estimate of drug-likeness (QED) is 0.316. The van der Waals surface area contributed by atoms with Crippen LogP contribution in [0.4, 0.5) is 0 Å². The van der Waals surface area contributed by atoms with Gasteiger partial charge in [-0.05, 0) is 62.2 Å². The molecule has 0 fully saturated rings. The second-order valence-electron chi connectivity index (χ2n) is 9.30. The lowest BCUT2D eigenvalue weighted by atomic mass is 10.0. The minimum absolute atomic E-state index is 0.144. The van der Waals surface area contributed by atoms with Crippen LogP contribution in [0.5, 0.6) is 0 Å². The summed E-state index contributed by atoms with van der Waals surface area (Å²) in [6.07, 6.45) is 0.393. The van der Waals surface area contributed by atoms with Gasteiger partial charge < -0.3 is 10.2 Å². The van der Waals surface area contributed by atoms with Gasteiger partial charge in [0.05, 0.1) is 5.75 Å². The van der Waals surface area contributed by atoms with Gasteiger partial charge in [-0.3, -0.25) is 9.59 Å². The van der Waals surface area contributed by atoms with Crippen molar-refractivity contribution in [3.8, 4) is 0 Å². The summed E-state index contributed by atoms with van der Waals surface area (Å²) in [5.74, 6) is -0.159. The molecule has 35 heavy (non-hydrogen) atoms. The number of nitrogens with one attached hydrogen (secondary N) is 1. The predicted octanol–water partition coefficient (Wildman–Crippen LogP) is 6.64. The summed E-state index contributed by atoms with van der Waals surface area (Å²) in [4.78, 5) is 29.8. The van der Waals surface area contributed by atoms with E-state index in [2.05, 4.69) is 5.32 Å². The fraction of sp³-hybridized carbons (Fsp3) is 0.286. The van der Waals surface area contributed by atoms with E-state index in [1.54, 1.807) is 23.1 Å². The Hall–Kier alpha value is -2.47. The van der Waals surface area contributed by atoms with Gasteiger partial charge in [0.2, 0.25) is 11.8 Å². The Balaban J connectivity index is 1.93. The van der Waals surface area contributed by atoms with Gasteiger partial charge in [0.15, 0.2) is 0 Å². The first-order valence-corrected chi connectivity index (χ1v) is 13.1. The molecule has 0 spiro atoms. The zero-order valence-corrected chi connectivity index (χ0v) is 22.5. The number of rotatable bonds is 9. The van der Waals surface area contributed by atoms with Crippen LogP contribution in [-0.2, 0) is 22.6 Å². The van der Waals surface area contributed by atoms with Gasteiger partial charge in [0.1, 0.15) is 6.04 Å². The molecule has 3 aromatic carbocycles. The number of halogens is 2. The topological polar surface area (TPSA) is 49.4 Å². The van der Waals surface area contributed by atoms with Crippen LogP contribution < -0.4 is 5.32 Å². The smallest absolute Gasteiger partial charge is 0.243 e. The predicted molar refractivity (Wildman–Crippen MR) is 146 cm³/mol. The molecule has 7 heteroatoms. The van der Waals surface area contributed by atoms with Gasteiger partial charge in [0.25, 0.3) is 0 Å². The largest absolute Gasteiger partial charge is 0.350 e. The van der Waals surface area contributed by atoms with Crippen LogP contribution >= 0.6 is 35.0 Å². The molecule has 0 bridgehead atoms. The number of hydrogen-bond acceptors (Lipinski definition) is 3. The second-order valence-corrected chi connectivity index (χ2v) is 11.2. The van der Waals surface area contributed by atoms with Gasteiger partial charge in [-0.1, -0.05) is 71.7 Å². The van der Waals surface area contributed by atoms with Crippen LogP contribution in [-0.4, -0.2) is 34.0 Å². The summed E-state index contributed by atoms with van der Waals surface area (Å²) < 4.78 is 0. The summed E-state index contributed by atoms with van der Waals surface area (Å²) in [7, 11) is 0. The third-order valence-corrected chi connectivity index (χ3v) is 6.86. The molecule has 0 saturated heterocycles. The summed E-state index contributed by atoms with van der Waals surface area (Å²) in [6, 6.07) is 23.8. The third-order valence-electron chi connectivity index (χ3n) is 5.24. The van der Waals surface area contributed by atoms with Crippen LogP contribution in [0, 0.1) is 0 Å². The average molecular weight is 530 g/mol. The van der Waals surface area contributed by atoms with Crippen LogP contribution in [0.3, 0.4) is 0 Å². The van der Waals surface area contributed by atoms with Crippen molar-refractivity contribution in [2.24, 2.45) is 0 Å². The standard InChI is InChI=1S/C28H30Cl2N2O2S/c1-28(2,3)31-27(34)25(17-20-9-5-4-6-10-20)32(18-21-11-7-8-12-24(21)30)26(33)19-35-23-15-13-22(29)14-16-23/h4-16,25H,17-19H2,1-3H3,(H,31,34)/t25-/m0/s1. The second kappa shape index (κ2) is 12.5. The van der Waals surface area contributed by atoms with Crippen molar-refractivity contribution in [2.75, 3.05) is 5.75 Å². The van der Waals surface area contributed by atoms with E-state index < -0.39 is 11.6 Å². The van der Waals surface area contributed by atoms with Crippen LogP contribution in [0.15, 0.2) is 83.8 Å². The molecule has 184 valence electrons. The van der Waals surface area contributed by atoms with E-state index in [9.17, 15) is 9.59 Å². The Bertz CT molecular complexity index is 1130. The van der Waals surface area contributed by atoms with Crippen molar-refractivity contribution in [3.63, 3.8) is 0 Å². The third kappa shape index (κ3) is 8.60. The van der Waals surface area contributed by atoms with Crippen molar-refractivity contribution in [3.05, 3.63) is 100 Å². The van der Waals surface area contributed by atoms with Crippen LogP contribution in [0.2, 0.25) is 10.0 Å². The zero-order chi connectivity index (χ0) is 25.4. The Morgan fingerprint density at radius 3 is 2.17 bits per heavy atom. The van der Waals surface area contributed by atoms with Gasteiger partial charge in [-0.25, -0.2) is 0 Å². The lowest BCUT2D eigenvalue weighted by molar-refractivity contribution is -0.140. The number of hydrogen-bond donors (Lipinski definition) is 1. The molecule has 0 aliphatic rings. The summed E-state index contributed by atoms with van der Waals surface area (Å²) >= 11 is 13.9. The van der Waals surface area contributed by atoms with Crippen LogP contribution in [0.25, 0.3) is 0 Å². The monoisotopic (exact) mass is 528 g/mol. The first-order chi connectivity index (χ1) is 16.6. The maximum absolute atomic E-state index is 13.7. The number of amides is 2. The lowest BCUT2D eigenvalue weighted by Gasteiger charge is -2.34. The molecular formula is C28H30Cl2N2O2S. The van der Waals surface area contributed by atoms with E-state index in [1.165, 1.54) is 11.8 Å². The molecule has 0 aliphatic carbocycles. The highest BCUT2D eigenvalue weighted by Gasteiger charge is 2.32. The molecule has 0 heterocycles. The number of carbonyl (C=O) groups is 2. The van der Waals surface area contributed by atoms with E-state index in [-0.39, 0.29) is 24.1 Å². The highest BCUT2D eigenvalue weighted by molar-refractivity contribution is 8.00. The minimum atomic E-state index is -0.703. The maximum atomic E-state index is 13.7. The molecule has 0 saturated carbocycles. The molecule has 2 amide bonds. The van der Waals surface area contributed by atoms with Crippen molar-refractivity contribution < 1.29 is 9.59 Å². The first kappa shape index (κ1) is 27.1. The molecule has 4 nitrogen and oxygen atoms in total.